The molecule has 1 aromatic heterocycles. The second-order valence-corrected chi connectivity index (χ2v) is 8.70. The minimum Gasteiger partial charge on any atom is -0.507 e. The number of hydrogen-bond donors (Lipinski definition) is 4. The number of phenols is 3. The van der Waals surface area contributed by atoms with E-state index in [0.29, 0.717) is 12.8 Å². The molecule has 4 N–H and O–H groups in total. The first-order valence-electron chi connectivity index (χ1n) is 11.3. The molecule has 0 aliphatic rings. The molecule has 0 saturated heterocycles. The first kappa shape index (κ1) is 26.0. The van der Waals surface area contributed by atoms with Gasteiger partial charge in [-0.05, 0) is 40.5 Å². The van der Waals surface area contributed by atoms with Crippen molar-refractivity contribution in [3.05, 3.63) is 56.1 Å². The highest BCUT2D eigenvalue weighted by atomic mass is 16.4. The van der Waals surface area contributed by atoms with Crippen LogP contribution in [0.1, 0.15) is 98.5 Å². The summed E-state index contributed by atoms with van der Waals surface area (Å²) in [4.78, 5) is 25.1. The average molecular weight is 459 g/mol. The lowest BCUT2D eigenvalue weighted by Crippen LogP contribution is -2.16. The van der Waals surface area contributed by atoms with Crippen molar-refractivity contribution in [3.8, 4) is 23.0 Å². The van der Waals surface area contributed by atoms with E-state index in [4.69, 9.17) is 4.42 Å². The topological polar surface area (TPSA) is 128 Å². The number of allylic oxidation sites excluding steroid dienone is 2. The number of hydrogen-bond acceptors (Lipinski definition) is 7. The number of benzene rings is 1. The summed E-state index contributed by atoms with van der Waals surface area (Å²) in [6, 6.07) is 1.31. The van der Waals surface area contributed by atoms with Crippen LogP contribution in [0.5, 0.6) is 23.0 Å². The van der Waals surface area contributed by atoms with Gasteiger partial charge in [0.15, 0.2) is 5.78 Å². The fraction of sp³-hybridized carbons (Fsp3) is 0.462. The maximum absolute atomic E-state index is 12.8. The van der Waals surface area contributed by atoms with Crippen LogP contribution in [-0.4, -0.2) is 26.2 Å². The highest BCUT2D eigenvalue weighted by molar-refractivity contribution is 6.01. The largest absolute Gasteiger partial charge is 0.507 e. The van der Waals surface area contributed by atoms with Crippen molar-refractivity contribution in [1.82, 2.24) is 0 Å². The van der Waals surface area contributed by atoms with Gasteiger partial charge in [-0.2, -0.15) is 0 Å². The predicted molar refractivity (Wildman–Crippen MR) is 127 cm³/mol. The molecule has 1 heterocycles. The van der Waals surface area contributed by atoms with E-state index in [1.165, 1.54) is 19.9 Å². The molecule has 7 heteroatoms. The zero-order valence-electron chi connectivity index (χ0n) is 20.0. The summed E-state index contributed by atoms with van der Waals surface area (Å²) in [6.07, 6.45) is 5.63. The van der Waals surface area contributed by atoms with E-state index >= 15 is 0 Å². The van der Waals surface area contributed by atoms with Crippen LogP contribution < -0.4 is 5.63 Å². The normalized spacial score (nSPS) is 11.9. The van der Waals surface area contributed by atoms with Crippen molar-refractivity contribution in [1.29, 1.82) is 0 Å². The van der Waals surface area contributed by atoms with Crippen molar-refractivity contribution >= 4 is 5.78 Å². The summed E-state index contributed by atoms with van der Waals surface area (Å²) in [7, 11) is 0. The molecule has 0 fully saturated rings. The van der Waals surface area contributed by atoms with Crippen molar-refractivity contribution < 1.29 is 29.6 Å². The fourth-order valence-electron chi connectivity index (χ4n) is 4.08. The first-order chi connectivity index (χ1) is 15.5. The molecule has 0 bridgehead atoms. The number of rotatable bonds is 10. The number of aryl methyl sites for hydroxylation is 1. The van der Waals surface area contributed by atoms with E-state index in [0.717, 1.165) is 24.8 Å². The van der Waals surface area contributed by atoms with Gasteiger partial charge in [-0.3, -0.25) is 4.79 Å². The highest BCUT2D eigenvalue weighted by Gasteiger charge is 2.33. The Bertz CT molecular complexity index is 1100. The summed E-state index contributed by atoms with van der Waals surface area (Å²) in [6.45, 7) is 8.50. The summed E-state index contributed by atoms with van der Waals surface area (Å²) in [5.41, 5.74) is -0.275. The first-order valence-corrected chi connectivity index (χ1v) is 11.3. The van der Waals surface area contributed by atoms with Gasteiger partial charge in [0.05, 0.1) is 5.56 Å². The lowest BCUT2D eigenvalue weighted by atomic mass is 9.82. The zero-order valence-corrected chi connectivity index (χ0v) is 20.0. The smallest absolute Gasteiger partial charge is 0.343 e. The molecule has 0 saturated carbocycles. The van der Waals surface area contributed by atoms with Gasteiger partial charge in [0.25, 0.3) is 0 Å². The van der Waals surface area contributed by atoms with Gasteiger partial charge < -0.3 is 24.8 Å². The molecule has 7 nitrogen and oxygen atoms in total. The Morgan fingerprint density at radius 1 is 1.00 bits per heavy atom. The van der Waals surface area contributed by atoms with Crippen LogP contribution in [0.4, 0.5) is 0 Å². The van der Waals surface area contributed by atoms with Gasteiger partial charge in [0.1, 0.15) is 34.3 Å². The monoisotopic (exact) mass is 458 g/mol. The third-order valence-electron chi connectivity index (χ3n) is 5.75. The maximum Gasteiger partial charge on any atom is 0.343 e. The number of phenolic OH excluding ortho intramolecular Hbond substituents is 3. The molecule has 33 heavy (non-hydrogen) atoms. The summed E-state index contributed by atoms with van der Waals surface area (Å²) < 4.78 is 5.20. The maximum atomic E-state index is 12.8. The van der Waals surface area contributed by atoms with Crippen LogP contribution in [0.3, 0.4) is 0 Å². The Morgan fingerprint density at radius 2 is 1.67 bits per heavy atom. The number of carbonyl (C=O) groups is 1. The van der Waals surface area contributed by atoms with E-state index in [-0.39, 0.29) is 40.2 Å². The molecule has 1 aromatic carbocycles. The SMILES string of the molecule is CCCCCCC(c1c(O)c(CC=C(C)C)c(O)c(C(C)=O)c1O)c1c(O)cc(C)oc1=O. The van der Waals surface area contributed by atoms with Crippen LogP contribution in [0.2, 0.25) is 0 Å². The van der Waals surface area contributed by atoms with E-state index < -0.39 is 34.6 Å². The van der Waals surface area contributed by atoms with Crippen LogP contribution >= 0.6 is 0 Å². The lowest BCUT2D eigenvalue weighted by molar-refractivity contribution is 0.101. The van der Waals surface area contributed by atoms with Crippen molar-refractivity contribution in [2.45, 2.75) is 79.1 Å². The van der Waals surface area contributed by atoms with Crippen molar-refractivity contribution in [2.24, 2.45) is 0 Å². The third kappa shape index (κ3) is 5.78. The van der Waals surface area contributed by atoms with Crippen molar-refractivity contribution in [2.75, 3.05) is 0 Å². The molecule has 0 spiro atoms. The summed E-state index contributed by atoms with van der Waals surface area (Å²) in [5.74, 6) is -3.13. The van der Waals surface area contributed by atoms with Crippen LogP contribution in [0.25, 0.3) is 0 Å². The Kier molecular flexibility index (Phi) is 8.74. The highest BCUT2D eigenvalue weighted by Crippen LogP contribution is 2.49. The molecule has 0 radical (unpaired) electrons. The van der Waals surface area contributed by atoms with Crippen LogP contribution in [0.15, 0.2) is 26.9 Å². The van der Waals surface area contributed by atoms with Gasteiger partial charge in [0, 0.05) is 23.1 Å². The number of Topliss-reactive ketones (excluding diaryl/α,β-unsaturated/α-hetero) is 1. The molecule has 1 unspecified atom stereocenters. The van der Waals surface area contributed by atoms with Gasteiger partial charge in [0.2, 0.25) is 0 Å². The van der Waals surface area contributed by atoms with Crippen molar-refractivity contribution in [3.63, 3.8) is 0 Å². The minimum atomic E-state index is -0.942. The molecule has 0 amide bonds. The third-order valence-corrected chi connectivity index (χ3v) is 5.75. The molecule has 0 aliphatic carbocycles. The second kappa shape index (κ2) is 11.1. The standard InChI is InChI=1S/C26H34O7/c1-6-7-8-9-10-17(21-19(28)13-15(4)33-26(21)32)22-24(30)18(12-11-14(2)3)23(29)20(16(5)27)25(22)31/h11,13,17,28-31H,6-10,12H2,1-5H3. The van der Waals surface area contributed by atoms with E-state index in [1.807, 2.05) is 13.8 Å². The second-order valence-electron chi connectivity index (χ2n) is 8.70. The van der Waals surface area contributed by atoms with E-state index in [9.17, 15) is 30.0 Å². The summed E-state index contributed by atoms with van der Waals surface area (Å²) >= 11 is 0. The molecule has 1 atom stereocenters. The van der Waals surface area contributed by atoms with Crippen LogP contribution in [-0.2, 0) is 6.42 Å². The van der Waals surface area contributed by atoms with Crippen LogP contribution in [0, 0.1) is 6.92 Å². The van der Waals surface area contributed by atoms with E-state index in [2.05, 4.69) is 6.92 Å². The Balaban J connectivity index is 2.85. The molecule has 180 valence electrons. The van der Waals surface area contributed by atoms with Gasteiger partial charge >= 0.3 is 5.63 Å². The van der Waals surface area contributed by atoms with Gasteiger partial charge in [-0.1, -0.05) is 44.3 Å². The molecule has 2 rings (SSSR count). The molecule has 0 aliphatic heterocycles. The van der Waals surface area contributed by atoms with Gasteiger partial charge in [-0.25, -0.2) is 4.79 Å². The molecular weight excluding hydrogens is 424 g/mol. The molecular formula is C26H34O7. The quantitative estimate of drug-likeness (QED) is 0.208. The Hall–Kier alpha value is -3.22. The number of ketones is 1. The Morgan fingerprint density at radius 3 is 2.21 bits per heavy atom. The predicted octanol–water partition coefficient (Wildman–Crippen LogP) is 5.58. The van der Waals surface area contributed by atoms with Gasteiger partial charge in [-0.15, -0.1) is 0 Å². The lowest BCUT2D eigenvalue weighted by Gasteiger charge is -2.24. The number of carbonyl (C=O) groups excluding carboxylic acids is 1. The average Bonchev–Trinajstić information content (AvgIpc) is 2.69. The van der Waals surface area contributed by atoms with E-state index in [1.54, 1.807) is 6.08 Å². The number of unbranched alkanes of at least 4 members (excludes halogenated alkanes) is 3. The zero-order chi connectivity index (χ0) is 24.9. The number of aromatic hydroxyl groups is 4. The summed E-state index contributed by atoms with van der Waals surface area (Å²) in [5, 5.41) is 43.5. The molecule has 2 aromatic rings. The minimum absolute atomic E-state index is 0.0712. The Labute approximate surface area is 194 Å². The fourth-order valence-corrected chi connectivity index (χ4v) is 4.08.